The number of carbonyl (C=O) groups is 1. The van der Waals surface area contributed by atoms with Crippen LogP contribution in [0.3, 0.4) is 0 Å². The van der Waals surface area contributed by atoms with Crippen molar-refractivity contribution in [1.82, 2.24) is 14.8 Å². The lowest BCUT2D eigenvalue weighted by molar-refractivity contribution is -0.0255. The first-order chi connectivity index (χ1) is 15.7. The van der Waals surface area contributed by atoms with Gasteiger partial charge in [0.25, 0.3) is 5.91 Å². The molecule has 4 aliphatic rings. The van der Waals surface area contributed by atoms with Crippen LogP contribution in [0.1, 0.15) is 78.7 Å². The molecule has 3 heterocycles. The maximum atomic E-state index is 13.7. The molecule has 2 aliphatic heterocycles. The number of aromatic amines is 1. The zero-order chi connectivity index (χ0) is 23.4. The van der Waals surface area contributed by atoms with Gasteiger partial charge in [0.15, 0.2) is 0 Å². The van der Waals surface area contributed by atoms with Gasteiger partial charge in [0.05, 0.1) is 10.2 Å². The lowest BCUT2D eigenvalue weighted by Gasteiger charge is -2.57. The number of hydrogen-bond donors (Lipinski definition) is 1. The number of halogens is 1. The quantitative estimate of drug-likeness (QED) is 0.619. The van der Waals surface area contributed by atoms with E-state index >= 15 is 0 Å². The molecule has 1 fully saturated rings. The number of nitrogens with one attached hydrogen (secondary N) is 1. The van der Waals surface area contributed by atoms with E-state index in [1.54, 1.807) is 0 Å². The minimum absolute atomic E-state index is 0.00966. The highest BCUT2D eigenvalue weighted by Gasteiger charge is 2.65. The number of fused-ring (bicyclic) bond motifs is 2. The predicted molar refractivity (Wildman–Crippen MR) is 133 cm³/mol. The van der Waals surface area contributed by atoms with E-state index in [2.05, 4.69) is 79.6 Å². The minimum Gasteiger partial charge on any atom is -0.482 e. The number of nitrogens with zero attached hydrogens (tertiary/aromatic N) is 2. The summed E-state index contributed by atoms with van der Waals surface area (Å²) in [6.45, 7) is 11.6. The van der Waals surface area contributed by atoms with Crippen molar-refractivity contribution < 1.29 is 9.53 Å². The van der Waals surface area contributed by atoms with Crippen LogP contribution in [0, 0.1) is 12.8 Å². The Morgan fingerprint density at radius 1 is 1.24 bits per heavy atom. The Morgan fingerprint density at radius 3 is 2.67 bits per heavy atom. The Balaban J connectivity index is 1.54. The highest BCUT2D eigenvalue weighted by molar-refractivity contribution is 9.10. The molecule has 0 radical (unpaired) electrons. The molecule has 2 aromatic rings. The molecular formula is C27H34BrN3O2. The number of H-pyrrole nitrogens is 1. The lowest BCUT2D eigenvalue weighted by Crippen LogP contribution is -2.62. The first kappa shape index (κ1) is 21.7. The van der Waals surface area contributed by atoms with E-state index in [1.165, 1.54) is 16.7 Å². The third kappa shape index (κ3) is 2.65. The molecule has 5 nitrogen and oxygen atoms in total. The molecule has 2 aliphatic carbocycles. The molecule has 1 saturated heterocycles. The summed E-state index contributed by atoms with van der Waals surface area (Å²) in [4.78, 5) is 21.9. The highest BCUT2D eigenvalue weighted by Crippen LogP contribution is 2.66. The second kappa shape index (κ2) is 7.11. The fraction of sp³-hybridized carbons (Fsp3) is 0.593. The van der Waals surface area contributed by atoms with Crippen LogP contribution in [0.15, 0.2) is 16.6 Å². The molecule has 1 amide bonds. The van der Waals surface area contributed by atoms with Gasteiger partial charge in [-0.25, -0.2) is 0 Å². The van der Waals surface area contributed by atoms with Crippen LogP contribution < -0.4 is 4.74 Å². The van der Waals surface area contributed by atoms with Crippen molar-refractivity contribution in [3.05, 3.63) is 50.2 Å². The number of amides is 1. The Morgan fingerprint density at radius 2 is 1.97 bits per heavy atom. The van der Waals surface area contributed by atoms with Gasteiger partial charge in [-0.15, -0.1) is 0 Å². The van der Waals surface area contributed by atoms with E-state index < -0.39 is 0 Å². The number of carbonyl (C=O) groups excluding carboxylic acids is 1. The number of aromatic nitrogens is 1. The van der Waals surface area contributed by atoms with Crippen molar-refractivity contribution in [3.8, 4) is 5.75 Å². The van der Waals surface area contributed by atoms with Gasteiger partial charge in [0, 0.05) is 29.1 Å². The van der Waals surface area contributed by atoms with E-state index in [1.807, 2.05) is 4.90 Å². The summed E-state index contributed by atoms with van der Waals surface area (Å²) in [6, 6.07) is 5.26. The monoisotopic (exact) mass is 511 g/mol. The average Bonchev–Trinajstić information content (AvgIpc) is 3.26. The number of likely N-dealkylation sites (tertiary alicyclic amines) is 1. The number of benzene rings is 1. The van der Waals surface area contributed by atoms with E-state index in [4.69, 9.17) is 4.74 Å². The fourth-order valence-electron chi connectivity index (χ4n) is 7.68. The zero-order valence-corrected chi connectivity index (χ0v) is 22.0. The van der Waals surface area contributed by atoms with Crippen molar-refractivity contribution in [3.63, 3.8) is 0 Å². The van der Waals surface area contributed by atoms with E-state index in [0.29, 0.717) is 12.0 Å². The van der Waals surface area contributed by atoms with Gasteiger partial charge in [-0.2, -0.15) is 0 Å². The summed E-state index contributed by atoms with van der Waals surface area (Å²) in [7, 11) is 2.28. The molecule has 33 heavy (non-hydrogen) atoms. The summed E-state index contributed by atoms with van der Waals surface area (Å²) in [6.07, 6.45) is 3.13. The van der Waals surface area contributed by atoms with Crippen molar-refractivity contribution in [2.45, 2.75) is 83.5 Å². The number of ether oxygens (including phenoxy) is 1. The SMILES string of the molecule is Cc1c(C(=O)N(C(C)C)C(C)C)[nH]c2c1C[C@H]1[C@H]3Cc4ccc(Br)c5c4[C@@]1(CCN3C)[C@H]2O5. The molecular weight excluding hydrogens is 478 g/mol. The number of likely N-dealkylation sites (N-methyl/N-ethyl adjacent to an activating group) is 1. The van der Waals surface area contributed by atoms with Gasteiger partial charge in [-0.05, 0) is 112 Å². The summed E-state index contributed by atoms with van der Waals surface area (Å²) in [5, 5.41) is 0. The third-order valence-electron chi connectivity index (χ3n) is 9.02. The molecule has 4 atom stereocenters. The fourth-order valence-corrected chi connectivity index (χ4v) is 8.10. The molecule has 0 saturated carbocycles. The molecule has 6 rings (SSSR count). The van der Waals surface area contributed by atoms with Crippen LogP contribution in [-0.4, -0.2) is 52.4 Å². The molecule has 1 aromatic heterocycles. The second-order valence-corrected chi connectivity index (χ2v) is 12.0. The van der Waals surface area contributed by atoms with Crippen LogP contribution in [0.25, 0.3) is 0 Å². The van der Waals surface area contributed by atoms with Gasteiger partial charge < -0.3 is 19.5 Å². The molecule has 1 N–H and O–H groups in total. The summed E-state index contributed by atoms with van der Waals surface area (Å²) < 4.78 is 7.90. The van der Waals surface area contributed by atoms with Crippen molar-refractivity contribution in [2.75, 3.05) is 13.6 Å². The molecule has 1 aromatic carbocycles. The van der Waals surface area contributed by atoms with Gasteiger partial charge in [-0.3, -0.25) is 4.79 Å². The van der Waals surface area contributed by atoms with Crippen LogP contribution >= 0.6 is 15.9 Å². The normalized spacial score (nSPS) is 29.2. The Hall–Kier alpha value is -1.79. The highest BCUT2D eigenvalue weighted by atomic mass is 79.9. The first-order valence-electron chi connectivity index (χ1n) is 12.4. The smallest absolute Gasteiger partial charge is 0.271 e. The van der Waals surface area contributed by atoms with Crippen molar-refractivity contribution >= 4 is 21.8 Å². The maximum Gasteiger partial charge on any atom is 0.271 e. The molecule has 1 spiro atoms. The van der Waals surface area contributed by atoms with Gasteiger partial charge in [0.2, 0.25) is 0 Å². The minimum atomic E-state index is -0.0537. The standard InChI is InChI=1S/C27H34BrN3O2/c1-13(2)31(14(3)4)26(32)22-15(5)17-12-18-20-11-16-7-8-19(28)24-21(16)27(18,9-10-30(20)6)25(33-24)23(17)29-22/h7-8,13-14,18,20,25,29H,9-12H2,1-6H3/t18-,20+,25-,27-/m0/s1. The Bertz CT molecular complexity index is 1160. The van der Waals surface area contributed by atoms with Crippen LogP contribution in [0.2, 0.25) is 0 Å². The average molecular weight is 512 g/mol. The van der Waals surface area contributed by atoms with Crippen LogP contribution in [0.4, 0.5) is 0 Å². The molecule has 6 heteroatoms. The topological polar surface area (TPSA) is 48.6 Å². The van der Waals surface area contributed by atoms with E-state index in [-0.39, 0.29) is 29.5 Å². The van der Waals surface area contributed by atoms with Gasteiger partial charge in [-0.1, -0.05) is 6.07 Å². The van der Waals surface area contributed by atoms with E-state index in [0.717, 1.165) is 53.0 Å². The number of hydrogen-bond acceptors (Lipinski definition) is 3. The van der Waals surface area contributed by atoms with Crippen molar-refractivity contribution in [1.29, 1.82) is 0 Å². The largest absolute Gasteiger partial charge is 0.482 e. The van der Waals surface area contributed by atoms with E-state index in [9.17, 15) is 4.79 Å². The number of piperidine rings is 1. The molecule has 2 bridgehead atoms. The molecule has 0 unspecified atom stereocenters. The predicted octanol–water partition coefficient (Wildman–Crippen LogP) is 5.15. The summed E-state index contributed by atoms with van der Waals surface area (Å²) in [5.74, 6) is 1.63. The van der Waals surface area contributed by atoms with Crippen molar-refractivity contribution in [2.24, 2.45) is 5.92 Å². The first-order valence-corrected chi connectivity index (χ1v) is 13.2. The lowest BCUT2D eigenvalue weighted by atomic mass is 9.51. The Labute approximate surface area is 205 Å². The maximum absolute atomic E-state index is 13.7. The summed E-state index contributed by atoms with van der Waals surface area (Å²) >= 11 is 3.78. The van der Waals surface area contributed by atoms with Crippen LogP contribution in [0.5, 0.6) is 5.75 Å². The number of rotatable bonds is 3. The Kier molecular flexibility index (Phi) is 4.68. The molecule has 176 valence electrons. The zero-order valence-electron chi connectivity index (χ0n) is 20.5. The summed E-state index contributed by atoms with van der Waals surface area (Å²) in [5.41, 5.74) is 7.18. The van der Waals surface area contributed by atoms with Gasteiger partial charge in [0.1, 0.15) is 17.5 Å². The third-order valence-corrected chi connectivity index (χ3v) is 9.65. The van der Waals surface area contributed by atoms with Gasteiger partial charge >= 0.3 is 0 Å². The second-order valence-electron chi connectivity index (χ2n) is 11.2. The van der Waals surface area contributed by atoms with Crippen LogP contribution in [-0.2, 0) is 18.3 Å².